The van der Waals surface area contributed by atoms with Crippen LogP contribution in [0.3, 0.4) is 0 Å². The Morgan fingerprint density at radius 2 is 1.95 bits per heavy atom. The Labute approximate surface area is 121 Å². The minimum absolute atomic E-state index is 0.320. The molecule has 5 heteroatoms. The summed E-state index contributed by atoms with van der Waals surface area (Å²) in [4.78, 5) is 3.96. The molecule has 0 aliphatic rings. The van der Waals surface area contributed by atoms with Crippen LogP contribution in [-0.2, 0) is 13.0 Å². The first-order chi connectivity index (χ1) is 9.19. The van der Waals surface area contributed by atoms with Gasteiger partial charge >= 0.3 is 0 Å². The number of ether oxygens (including phenoxy) is 1. The summed E-state index contributed by atoms with van der Waals surface area (Å²) in [7, 11) is 0. The summed E-state index contributed by atoms with van der Waals surface area (Å²) >= 11 is 11.7. The van der Waals surface area contributed by atoms with E-state index in [2.05, 4.69) is 11.1 Å². The smallest absolute Gasteiger partial charge is 0.130 e. The Bertz CT molecular complexity index is 606. The van der Waals surface area contributed by atoms with Crippen molar-refractivity contribution in [2.75, 3.05) is 0 Å². The van der Waals surface area contributed by atoms with Crippen molar-refractivity contribution in [3.8, 4) is 11.8 Å². The Morgan fingerprint density at radius 1 is 1.21 bits per heavy atom. The largest absolute Gasteiger partial charge is 0.489 e. The number of benzene rings is 1. The van der Waals surface area contributed by atoms with Gasteiger partial charge in [0, 0.05) is 11.8 Å². The third kappa shape index (κ3) is 3.85. The minimum atomic E-state index is 0.320. The molecule has 0 amide bonds. The fraction of sp³-hybridized carbons (Fsp3) is 0.143. The summed E-state index contributed by atoms with van der Waals surface area (Å²) in [6.45, 7) is 0.320. The van der Waals surface area contributed by atoms with Gasteiger partial charge in [-0.3, -0.25) is 0 Å². The molecule has 3 nitrogen and oxygen atoms in total. The Morgan fingerprint density at radius 3 is 2.58 bits per heavy atom. The van der Waals surface area contributed by atoms with Gasteiger partial charge in [0.05, 0.1) is 17.5 Å². The first-order valence-electron chi connectivity index (χ1n) is 5.57. The van der Waals surface area contributed by atoms with E-state index in [1.165, 1.54) is 0 Å². The van der Waals surface area contributed by atoms with Crippen LogP contribution < -0.4 is 4.74 Å². The molecule has 96 valence electrons. The normalized spacial score (nSPS) is 9.95. The van der Waals surface area contributed by atoms with Gasteiger partial charge in [0.25, 0.3) is 0 Å². The van der Waals surface area contributed by atoms with Crippen LogP contribution in [0.25, 0.3) is 0 Å². The molecule has 1 aromatic carbocycles. The van der Waals surface area contributed by atoms with Gasteiger partial charge in [0.15, 0.2) is 0 Å². The molecule has 2 rings (SSSR count). The number of nitriles is 1. The summed E-state index contributed by atoms with van der Waals surface area (Å²) < 4.78 is 5.60. The molecule has 19 heavy (non-hydrogen) atoms. The van der Waals surface area contributed by atoms with E-state index < -0.39 is 0 Å². The van der Waals surface area contributed by atoms with Crippen LogP contribution in [0.1, 0.15) is 11.1 Å². The molecular formula is C14H10Cl2N2O. The van der Waals surface area contributed by atoms with Crippen molar-refractivity contribution >= 4 is 23.2 Å². The maximum absolute atomic E-state index is 8.58. The van der Waals surface area contributed by atoms with E-state index in [0.717, 1.165) is 11.1 Å². The number of hydrogen-bond acceptors (Lipinski definition) is 3. The van der Waals surface area contributed by atoms with Gasteiger partial charge in [0.1, 0.15) is 17.5 Å². The molecule has 0 fully saturated rings. The first kappa shape index (κ1) is 13.7. The number of hydrogen-bond donors (Lipinski definition) is 0. The second kappa shape index (κ2) is 6.42. The van der Waals surface area contributed by atoms with Crippen LogP contribution in [0, 0.1) is 11.3 Å². The molecule has 2 aromatic rings. The highest BCUT2D eigenvalue weighted by Gasteiger charge is 2.03. The lowest BCUT2D eigenvalue weighted by molar-refractivity contribution is 0.306. The van der Waals surface area contributed by atoms with Gasteiger partial charge in [-0.2, -0.15) is 5.26 Å². The van der Waals surface area contributed by atoms with Crippen molar-refractivity contribution in [3.05, 3.63) is 57.8 Å². The summed E-state index contributed by atoms with van der Waals surface area (Å²) in [5, 5.41) is 9.47. The van der Waals surface area contributed by atoms with Crippen LogP contribution >= 0.6 is 23.2 Å². The van der Waals surface area contributed by atoms with Gasteiger partial charge in [-0.25, -0.2) is 4.98 Å². The molecule has 0 bridgehead atoms. The second-order valence-corrected chi connectivity index (χ2v) is 4.66. The number of halogens is 2. The molecule has 1 aromatic heterocycles. The average Bonchev–Trinajstić information content (AvgIpc) is 2.40. The lowest BCUT2D eigenvalue weighted by Crippen LogP contribution is -1.97. The fourth-order valence-electron chi connectivity index (χ4n) is 1.50. The van der Waals surface area contributed by atoms with Crippen molar-refractivity contribution in [2.24, 2.45) is 0 Å². The molecule has 0 spiro atoms. The van der Waals surface area contributed by atoms with Gasteiger partial charge in [0.2, 0.25) is 0 Å². The summed E-state index contributed by atoms with van der Waals surface area (Å²) in [6.07, 6.45) is 1.99. The zero-order valence-electron chi connectivity index (χ0n) is 9.94. The number of rotatable bonds is 4. The second-order valence-electron chi connectivity index (χ2n) is 3.87. The van der Waals surface area contributed by atoms with Gasteiger partial charge < -0.3 is 4.74 Å². The van der Waals surface area contributed by atoms with Crippen molar-refractivity contribution < 1.29 is 4.74 Å². The molecular weight excluding hydrogens is 283 g/mol. The molecule has 0 saturated heterocycles. The number of pyridine rings is 1. The highest BCUT2D eigenvalue weighted by Crippen LogP contribution is 2.21. The van der Waals surface area contributed by atoms with E-state index in [4.69, 9.17) is 33.2 Å². The molecule has 0 aliphatic carbocycles. The third-order valence-corrected chi connectivity index (χ3v) is 3.06. The lowest BCUT2D eigenvalue weighted by Gasteiger charge is -2.08. The van der Waals surface area contributed by atoms with Crippen molar-refractivity contribution in [1.82, 2.24) is 4.98 Å². The lowest BCUT2D eigenvalue weighted by atomic mass is 10.2. The van der Waals surface area contributed by atoms with Crippen LogP contribution in [0.4, 0.5) is 0 Å². The maximum atomic E-state index is 8.58. The topological polar surface area (TPSA) is 45.9 Å². The third-order valence-electron chi connectivity index (χ3n) is 2.50. The summed E-state index contributed by atoms with van der Waals surface area (Å²) in [5.41, 5.74) is 1.73. The summed E-state index contributed by atoms with van der Waals surface area (Å²) in [6, 6.07) is 11.0. The summed E-state index contributed by atoms with van der Waals surface area (Å²) in [5.74, 6) is 0.715. The molecule has 0 unspecified atom stereocenters. The number of nitrogens with zero attached hydrogens (tertiary/aromatic N) is 2. The van der Waals surface area contributed by atoms with E-state index in [0.29, 0.717) is 29.0 Å². The van der Waals surface area contributed by atoms with Crippen LogP contribution in [0.15, 0.2) is 36.5 Å². The maximum Gasteiger partial charge on any atom is 0.130 e. The SMILES string of the molecule is N#CCc1ccc(OCc2cnc(Cl)cc2Cl)cc1. The number of aromatic nitrogens is 1. The van der Waals surface area contributed by atoms with E-state index in [9.17, 15) is 0 Å². The quantitative estimate of drug-likeness (QED) is 0.799. The molecule has 0 aliphatic heterocycles. The highest BCUT2D eigenvalue weighted by atomic mass is 35.5. The molecule has 1 heterocycles. The zero-order valence-corrected chi connectivity index (χ0v) is 11.4. The van der Waals surface area contributed by atoms with E-state index >= 15 is 0 Å². The Hall–Kier alpha value is -1.76. The van der Waals surface area contributed by atoms with Gasteiger partial charge in [-0.15, -0.1) is 0 Å². The minimum Gasteiger partial charge on any atom is -0.489 e. The fourth-order valence-corrected chi connectivity index (χ4v) is 1.92. The van der Waals surface area contributed by atoms with Gasteiger partial charge in [-0.1, -0.05) is 35.3 Å². The van der Waals surface area contributed by atoms with Crippen molar-refractivity contribution in [2.45, 2.75) is 13.0 Å². The van der Waals surface area contributed by atoms with Crippen LogP contribution in [0.2, 0.25) is 10.2 Å². The van der Waals surface area contributed by atoms with E-state index in [1.54, 1.807) is 12.3 Å². The predicted octanol–water partition coefficient (Wildman–Crippen LogP) is 4.03. The van der Waals surface area contributed by atoms with Crippen molar-refractivity contribution in [1.29, 1.82) is 5.26 Å². The first-order valence-corrected chi connectivity index (χ1v) is 6.33. The van der Waals surface area contributed by atoms with E-state index in [1.807, 2.05) is 24.3 Å². The standard InChI is InChI=1S/C14H10Cl2N2O/c15-13-7-14(16)18-8-11(13)9-19-12-3-1-10(2-4-12)5-6-17/h1-4,7-8H,5,9H2. The molecule has 0 radical (unpaired) electrons. The average molecular weight is 293 g/mol. The molecule has 0 N–H and O–H groups in total. The Balaban J connectivity index is 2.00. The van der Waals surface area contributed by atoms with Crippen LogP contribution in [-0.4, -0.2) is 4.98 Å². The highest BCUT2D eigenvalue weighted by molar-refractivity contribution is 6.34. The van der Waals surface area contributed by atoms with E-state index in [-0.39, 0.29) is 0 Å². The monoisotopic (exact) mass is 292 g/mol. The Kier molecular flexibility index (Phi) is 4.62. The van der Waals surface area contributed by atoms with Gasteiger partial charge in [-0.05, 0) is 23.8 Å². The zero-order chi connectivity index (χ0) is 13.7. The van der Waals surface area contributed by atoms with Crippen LogP contribution in [0.5, 0.6) is 5.75 Å². The van der Waals surface area contributed by atoms with Crippen molar-refractivity contribution in [3.63, 3.8) is 0 Å². The molecule has 0 atom stereocenters. The molecule has 0 saturated carbocycles. The predicted molar refractivity (Wildman–Crippen MR) is 74.3 cm³/mol.